The number of benzene rings is 1. The van der Waals surface area contributed by atoms with Crippen molar-refractivity contribution in [2.45, 2.75) is 11.8 Å². The van der Waals surface area contributed by atoms with Crippen LogP contribution in [-0.2, 0) is 10.0 Å². The van der Waals surface area contributed by atoms with Gasteiger partial charge in [0.15, 0.2) is 5.82 Å². The molecule has 17 heavy (non-hydrogen) atoms. The summed E-state index contributed by atoms with van der Waals surface area (Å²) in [6.45, 7) is 1.47. The van der Waals surface area contributed by atoms with Crippen LogP contribution in [0.15, 0.2) is 23.1 Å². The van der Waals surface area contributed by atoms with Crippen molar-refractivity contribution in [2.24, 2.45) is 5.92 Å². The highest BCUT2D eigenvalue weighted by Crippen LogP contribution is 2.21. The molecule has 1 aromatic carbocycles. The first-order valence-corrected chi connectivity index (χ1v) is 6.58. The highest BCUT2D eigenvalue weighted by atomic mass is 35.5. The van der Waals surface area contributed by atoms with Gasteiger partial charge in [0.2, 0.25) is 10.0 Å². The van der Waals surface area contributed by atoms with E-state index >= 15 is 0 Å². The predicted molar refractivity (Wildman–Crippen MR) is 61.4 cm³/mol. The fourth-order valence-electron chi connectivity index (χ4n) is 1.05. The van der Waals surface area contributed by atoms with Crippen LogP contribution in [0.5, 0.6) is 0 Å². The Kier molecular flexibility index (Phi) is 4.46. The molecule has 1 aromatic rings. The number of halogens is 2. The second-order valence-corrected chi connectivity index (χ2v) is 5.58. The van der Waals surface area contributed by atoms with Crippen LogP contribution in [0.3, 0.4) is 0 Å². The minimum absolute atomic E-state index is 0.0786. The molecule has 1 atom stereocenters. The van der Waals surface area contributed by atoms with Crippen LogP contribution in [0.25, 0.3) is 0 Å². The second-order valence-electron chi connectivity index (χ2n) is 3.43. The maximum atomic E-state index is 13.5. The molecule has 0 saturated carbocycles. The van der Waals surface area contributed by atoms with E-state index in [-0.39, 0.29) is 11.6 Å². The molecule has 7 heteroatoms. The summed E-state index contributed by atoms with van der Waals surface area (Å²) in [5.74, 6) is -1.49. The molecule has 0 amide bonds. The number of hydrogen-bond acceptors (Lipinski definition) is 3. The van der Waals surface area contributed by atoms with Crippen LogP contribution in [-0.4, -0.2) is 15.0 Å². The van der Waals surface area contributed by atoms with E-state index in [0.717, 1.165) is 6.07 Å². The lowest BCUT2D eigenvalue weighted by atomic mass is 10.2. The molecule has 0 bridgehead atoms. The van der Waals surface area contributed by atoms with Gasteiger partial charge in [-0.05, 0) is 19.1 Å². The first kappa shape index (κ1) is 13.9. The fourth-order valence-corrected chi connectivity index (χ4v) is 2.51. The quantitative estimate of drug-likeness (QED) is 0.913. The third-order valence-corrected chi connectivity index (χ3v) is 3.74. The lowest BCUT2D eigenvalue weighted by Crippen LogP contribution is -2.28. The topological polar surface area (TPSA) is 70.0 Å². The number of nitrogens with one attached hydrogen (secondary N) is 1. The highest BCUT2D eigenvalue weighted by Gasteiger charge is 2.20. The smallest absolute Gasteiger partial charge is 0.210 e. The second kappa shape index (κ2) is 5.45. The number of nitriles is 1. The van der Waals surface area contributed by atoms with E-state index in [9.17, 15) is 12.8 Å². The summed E-state index contributed by atoms with van der Waals surface area (Å²) in [4.78, 5) is -0.518. The zero-order chi connectivity index (χ0) is 13.1. The van der Waals surface area contributed by atoms with Crippen molar-refractivity contribution in [3.63, 3.8) is 0 Å². The summed E-state index contributed by atoms with van der Waals surface area (Å²) < 4.78 is 39.0. The molecule has 0 fully saturated rings. The molecule has 0 aliphatic rings. The van der Waals surface area contributed by atoms with Crippen molar-refractivity contribution < 1.29 is 12.8 Å². The number of hydrogen-bond donors (Lipinski definition) is 1. The third-order valence-electron chi connectivity index (χ3n) is 2.01. The molecule has 4 nitrogen and oxygen atoms in total. The van der Waals surface area contributed by atoms with E-state index in [1.807, 2.05) is 6.07 Å². The van der Waals surface area contributed by atoms with Crippen LogP contribution in [0, 0.1) is 23.1 Å². The fraction of sp³-hybridized carbons (Fsp3) is 0.300. The molecule has 0 unspecified atom stereocenters. The van der Waals surface area contributed by atoms with Gasteiger partial charge < -0.3 is 0 Å². The Morgan fingerprint density at radius 2 is 2.24 bits per heavy atom. The zero-order valence-corrected chi connectivity index (χ0v) is 10.5. The Hall–Kier alpha value is -1.16. The standard InChI is InChI=1S/C10H10ClFN2O2S/c1-7(5-13)6-14-17(15,16)9-4-2-3-8(11)10(9)12/h2-4,7,14H,6H2,1H3/t7-/m0/s1. The van der Waals surface area contributed by atoms with Crippen molar-refractivity contribution in [1.82, 2.24) is 4.72 Å². The Bertz CT molecular complexity index is 554. The zero-order valence-electron chi connectivity index (χ0n) is 8.94. The van der Waals surface area contributed by atoms with Crippen LogP contribution < -0.4 is 4.72 Å². The van der Waals surface area contributed by atoms with E-state index in [1.165, 1.54) is 12.1 Å². The number of rotatable bonds is 4. The molecule has 0 radical (unpaired) electrons. The van der Waals surface area contributed by atoms with Crippen molar-refractivity contribution in [3.8, 4) is 6.07 Å². The maximum absolute atomic E-state index is 13.5. The Morgan fingerprint density at radius 1 is 1.59 bits per heavy atom. The van der Waals surface area contributed by atoms with Gasteiger partial charge in [0.1, 0.15) is 4.90 Å². The van der Waals surface area contributed by atoms with Gasteiger partial charge in [-0.1, -0.05) is 17.7 Å². The average molecular weight is 277 g/mol. The summed E-state index contributed by atoms with van der Waals surface area (Å²) in [6, 6.07) is 5.58. The van der Waals surface area contributed by atoms with E-state index in [2.05, 4.69) is 4.72 Å². The van der Waals surface area contributed by atoms with Gasteiger partial charge >= 0.3 is 0 Å². The minimum Gasteiger partial charge on any atom is -0.210 e. The molecule has 0 aliphatic carbocycles. The van der Waals surface area contributed by atoms with Crippen LogP contribution in [0.1, 0.15) is 6.92 Å². The molecule has 1 N–H and O–H groups in total. The normalized spacial score (nSPS) is 13.1. The van der Waals surface area contributed by atoms with Crippen LogP contribution in [0.2, 0.25) is 5.02 Å². The Balaban J connectivity index is 2.99. The summed E-state index contributed by atoms with van der Waals surface area (Å²) >= 11 is 5.49. The van der Waals surface area contributed by atoms with E-state index < -0.39 is 26.7 Å². The maximum Gasteiger partial charge on any atom is 0.243 e. The van der Waals surface area contributed by atoms with E-state index in [0.29, 0.717) is 0 Å². The summed E-state index contributed by atoms with van der Waals surface area (Å²) in [7, 11) is -3.98. The molecular formula is C10H10ClFN2O2S. The van der Waals surface area contributed by atoms with Gasteiger partial charge in [0, 0.05) is 6.54 Å². The summed E-state index contributed by atoms with van der Waals surface area (Å²) in [6.07, 6.45) is 0. The van der Waals surface area contributed by atoms with Gasteiger partial charge in [-0.3, -0.25) is 0 Å². The Labute approximate surface area is 104 Å². The Morgan fingerprint density at radius 3 is 2.82 bits per heavy atom. The van der Waals surface area contributed by atoms with Crippen molar-refractivity contribution in [2.75, 3.05) is 6.54 Å². The molecule has 0 spiro atoms. The molecule has 0 heterocycles. The van der Waals surface area contributed by atoms with Crippen LogP contribution >= 0.6 is 11.6 Å². The third kappa shape index (κ3) is 3.40. The van der Waals surface area contributed by atoms with E-state index in [4.69, 9.17) is 16.9 Å². The number of sulfonamides is 1. The number of nitrogens with zero attached hydrogens (tertiary/aromatic N) is 1. The van der Waals surface area contributed by atoms with Crippen molar-refractivity contribution in [1.29, 1.82) is 5.26 Å². The first-order valence-electron chi connectivity index (χ1n) is 4.71. The predicted octanol–water partition coefficient (Wildman–Crippen LogP) is 1.92. The van der Waals surface area contributed by atoms with E-state index in [1.54, 1.807) is 6.92 Å². The molecule has 1 rings (SSSR count). The largest absolute Gasteiger partial charge is 0.243 e. The molecule has 0 saturated heterocycles. The average Bonchev–Trinajstić information content (AvgIpc) is 2.29. The van der Waals surface area contributed by atoms with Gasteiger partial charge in [-0.15, -0.1) is 0 Å². The lowest BCUT2D eigenvalue weighted by Gasteiger charge is -2.08. The molecule has 92 valence electrons. The van der Waals surface area contributed by atoms with Crippen molar-refractivity contribution >= 4 is 21.6 Å². The molecule has 0 aromatic heterocycles. The molecule has 0 aliphatic heterocycles. The first-order chi connectivity index (χ1) is 7.88. The minimum atomic E-state index is -3.98. The lowest BCUT2D eigenvalue weighted by molar-refractivity contribution is 0.551. The van der Waals surface area contributed by atoms with Gasteiger partial charge in [-0.2, -0.15) is 5.26 Å². The summed E-state index contributed by atoms with van der Waals surface area (Å²) in [5, 5.41) is 8.26. The monoisotopic (exact) mass is 276 g/mol. The van der Waals surface area contributed by atoms with Gasteiger partial charge in [0.25, 0.3) is 0 Å². The van der Waals surface area contributed by atoms with Gasteiger partial charge in [-0.25, -0.2) is 17.5 Å². The highest BCUT2D eigenvalue weighted by molar-refractivity contribution is 7.89. The summed E-state index contributed by atoms with van der Waals surface area (Å²) in [5.41, 5.74) is 0. The van der Waals surface area contributed by atoms with Crippen molar-refractivity contribution in [3.05, 3.63) is 29.0 Å². The SMILES string of the molecule is C[C@@H](C#N)CNS(=O)(=O)c1cccc(Cl)c1F. The van der Waals surface area contributed by atoms with Gasteiger partial charge in [0.05, 0.1) is 17.0 Å². The molecular weight excluding hydrogens is 267 g/mol. The van der Waals surface area contributed by atoms with Crippen LogP contribution in [0.4, 0.5) is 4.39 Å².